The number of hydrogen-bond donors (Lipinski definition) is 0. The van der Waals surface area contributed by atoms with Crippen LogP contribution in [0.1, 0.15) is 39.0 Å². The van der Waals surface area contributed by atoms with Crippen LogP contribution >= 0.6 is 0 Å². The van der Waals surface area contributed by atoms with Crippen molar-refractivity contribution in [3.8, 4) is 0 Å². The summed E-state index contributed by atoms with van der Waals surface area (Å²) in [5.41, 5.74) is 0. The second-order valence-corrected chi connectivity index (χ2v) is 1.91. The number of hydrogen-bond acceptors (Lipinski definition) is 0. The summed E-state index contributed by atoms with van der Waals surface area (Å²) in [6.07, 6.45) is 6.52. The van der Waals surface area contributed by atoms with Gasteiger partial charge in [-0.2, -0.15) is 0 Å². The van der Waals surface area contributed by atoms with E-state index in [4.69, 9.17) is 0 Å². The third-order valence-electron chi connectivity index (χ3n) is 1.10. The minimum atomic E-state index is 0. The molecule has 0 aromatic heterocycles. The zero-order valence-electron chi connectivity index (χ0n) is 6.33. The molecule has 0 unspecified atom stereocenters. The molecule has 0 aliphatic carbocycles. The molecule has 0 saturated heterocycles. The van der Waals surface area contributed by atoms with Gasteiger partial charge >= 0.3 is 0 Å². The van der Waals surface area contributed by atoms with Crippen molar-refractivity contribution in [1.29, 1.82) is 0 Å². The molecule has 0 N–H and O–H groups in total. The van der Waals surface area contributed by atoms with Gasteiger partial charge in [0.25, 0.3) is 0 Å². The molecule has 0 bridgehead atoms. The van der Waals surface area contributed by atoms with Gasteiger partial charge in [0.15, 0.2) is 0 Å². The first-order chi connectivity index (χ1) is 3.41. The van der Waals surface area contributed by atoms with Crippen LogP contribution in [-0.2, 0) is 19.5 Å². The summed E-state index contributed by atoms with van der Waals surface area (Å²) in [4.78, 5) is 0. The molecular weight excluding hydrogens is 276 g/mol. The maximum Gasteiger partial charge on any atom is 0 e. The third kappa shape index (κ3) is 17.6. The zero-order chi connectivity index (χ0) is 5.54. The van der Waals surface area contributed by atoms with E-state index in [0.717, 1.165) is 6.42 Å². The molecule has 0 aromatic rings. The average Bonchev–Trinajstić information content (AvgIpc) is 1.69. The Morgan fingerprint density at radius 1 is 1.11 bits per heavy atom. The first kappa shape index (κ1) is 16.8. The fourth-order valence-corrected chi connectivity index (χ4v) is 0.604. The van der Waals surface area contributed by atoms with Crippen LogP contribution in [0.3, 0.4) is 0 Å². The number of rotatable bonds is 4. The molecule has 0 atom stereocenters. The summed E-state index contributed by atoms with van der Waals surface area (Å²) < 4.78 is 0. The Morgan fingerprint density at radius 2 is 1.67 bits per heavy atom. The van der Waals surface area contributed by atoms with Gasteiger partial charge in [0, 0.05) is 19.5 Å². The van der Waals surface area contributed by atoms with Crippen LogP contribution in [0.4, 0.5) is 0 Å². The normalized spacial score (nSPS) is 7.33. The van der Waals surface area contributed by atoms with Gasteiger partial charge in [-0.25, -0.2) is 0 Å². The van der Waals surface area contributed by atoms with Crippen molar-refractivity contribution >= 4 is 0 Å². The van der Waals surface area contributed by atoms with Crippen LogP contribution in [-0.4, -0.2) is 0 Å². The molecule has 0 heterocycles. The Morgan fingerprint density at radius 3 is 2.00 bits per heavy atom. The number of unbranched alkanes of at least 4 members (excludes halogenated alkanes) is 4. The quantitative estimate of drug-likeness (QED) is 0.382. The maximum absolute atomic E-state index is 3.76. The second-order valence-electron chi connectivity index (χ2n) is 1.91. The molecule has 9 heavy (non-hydrogen) atoms. The average molecular weight is 291 g/mol. The molecular formula is C7H15IZn-. The molecule has 53 valence electrons. The second kappa shape index (κ2) is 16.2. The molecule has 1 radical (unpaired) electrons. The van der Waals surface area contributed by atoms with E-state index < -0.39 is 0 Å². The molecule has 0 amide bonds. The maximum atomic E-state index is 3.76. The molecule has 0 aromatic carbocycles. The molecule has 0 nitrogen and oxygen atoms in total. The molecule has 0 aliphatic rings. The number of halogens is 1. The van der Waals surface area contributed by atoms with Crippen LogP contribution in [0, 0.1) is 6.92 Å². The van der Waals surface area contributed by atoms with Crippen LogP contribution in [0.25, 0.3) is 0 Å². The van der Waals surface area contributed by atoms with Gasteiger partial charge in [0.05, 0.1) is 0 Å². The van der Waals surface area contributed by atoms with E-state index >= 15 is 0 Å². The summed E-state index contributed by atoms with van der Waals surface area (Å²) in [5.74, 6) is 0. The monoisotopic (exact) mass is 290 g/mol. The zero-order valence-corrected chi connectivity index (χ0v) is 11.5. The fourth-order valence-electron chi connectivity index (χ4n) is 0.604. The Bertz CT molecular complexity index is 28.1. The van der Waals surface area contributed by atoms with Gasteiger partial charge in [0.1, 0.15) is 0 Å². The Labute approximate surface area is 89.0 Å². The van der Waals surface area contributed by atoms with Gasteiger partial charge < -0.3 is 24.0 Å². The van der Waals surface area contributed by atoms with Gasteiger partial charge in [0.2, 0.25) is 0 Å². The largest absolute Gasteiger partial charge is 1.00 e. The minimum Gasteiger partial charge on any atom is -1.00 e. The van der Waals surface area contributed by atoms with Crippen molar-refractivity contribution in [2.75, 3.05) is 0 Å². The minimum absolute atomic E-state index is 0. The van der Waals surface area contributed by atoms with Crippen LogP contribution in [0.15, 0.2) is 0 Å². The van der Waals surface area contributed by atoms with E-state index in [1.807, 2.05) is 0 Å². The molecule has 0 rings (SSSR count). The van der Waals surface area contributed by atoms with Crippen LogP contribution in [0.5, 0.6) is 0 Å². The fraction of sp³-hybridized carbons (Fsp3) is 0.857. The van der Waals surface area contributed by atoms with Crippen LogP contribution in [0.2, 0.25) is 0 Å². The van der Waals surface area contributed by atoms with Crippen molar-refractivity contribution in [3.63, 3.8) is 0 Å². The predicted molar refractivity (Wildman–Crippen MR) is 34.1 cm³/mol. The summed E-state index contributed by atoms with van der Waals surface area (Å²) in [6, 6.07) is 0. The Hall–Kier alpha value is 1.35. The van der Waals surface area contributed by atoms with E-state index in [-0.39, 0.29) is 43.5 Å². The third-order valence-corrected chi connectivity index (χ3v) is 1.10. The van der Waals surface area contributed by atoms with Gasteiger partial charge in [-0.3, -0.25) is 0 Å². The van der Waals surface area contributed by atoms with E-state index in [9.17, 15) is 0 Å². The van der Waals surface area contributed by atoms with Crippen molar-refractivity contribution in [2.24, 2.45) is 0 Å². The van der Waals surface area contributed by atoms with Crippen LogP contribution < -0.4 is 24.0 Å². The SMILES string of the molecule is [CH2]CCCCCC.[I-].[Zn]. The molecule has 0 fully saturated rings. The predicted octanol–water partition coefficient (Wildman–Crippen LogP) is -0.208. The Balaban J connectivity index is -0.000000180. The Kier molecular flexibility index (Phi) is 30.1. The molecule has 2 heteroatoms. The van der Waals surface area contributed by atoms with E-state index in [1.54, 1.807) is 0 Å². The van der Waals surface area contributed by atoms with E-state index in [2.05, 4.69) is 13.8 Å². The van der Waals surface area contributed by atoms with Crippen molar-refractivity contribution in [3.05, 3.63) is 6.92 Å². The van der Waals surface area contributed by atoms with Gasteiger partial charge in [-0.05, 0) is 0 Å². The smallest absolute Gasteiger partial charge is 0 e. The van der Waals surface area contributed by atoms with E-state index in [1.165, 1.54) is 25.7 Å². The summed E-state index contributed by atoms with van der Waals surface area (Å²) in [6.45, 7) is 5.98. The van der Waals surface area contributed by atoms with Crippen molar-refractivity contribution in [2.45, 2.75) is 39.0 Å². The standard InChI is InChI=1S/C7H15.HI.Zn/c1-3-5-7-6-4-2;;/h1,3-7H2,2H3;1H;/p-1. The van der Waals surface area contributed by atoms with Crippen molar-refractivity contribution < 1.29 is 43.5 Å². The molecule has 0 spiro atoms. The van der Waals surface area contributed by atoms with Gasteiger partial charge in [-0.1, -0.05) is 46.0 Å². The first-order valence-electron chi connectivity index (χ1n) is 3.21. The first-order valence-corrected chi connectivity index (χ1v) is 3.21. The summed E-state index contributed by atoms with van der Waals surface area (Å²) in [7, 11) is 0. The van der Waals surface area contributed by atoms with Gasteiger partial charge in [-0.15, -0.1) is 0 Å². The van der Waals surface area contributed by atoms with E-state index in [0.29, 0.717) is 0 Å². The molecule has 0 saturated carbocycles. The van der Waals surface area contributed by atoms with Crippen molar-refractivity contribution in [1.82, 2.24) is 0 Å². The summed E-state index contributed by atoms with van der Waals surface area (Å²) in [5, 5.41) is 0. The topological polar surface area (TPSA) is 0 Å². The summed E-state index contributed by atoms with van der Waals surface area (Å²) >= 11 is 0. The molecule has 0 aliphatic heterocycles.